The van der Waals surface area contributed by atoms with E-state index in [0.29, 0.717) is 45.0 Å². The fraction of sp³-hybridized carbons (Fsp3) is 0.533. The number of halogens is 1. The van der Waals surface area contributed by atoms with E-state index in [-0.39, 0.29) is 52.3 Å². The van der Waals surface area contributed by atoms with Crippen LogP contribution in [0.2, 0.25) is 5.28 Å². The molecule has 6 aliphatic rings. The molecule has 2 atom stereocenters. The number of likely N-dealkylation sites (tertiary alicyclic amines) is 2. The number of benzene rings is 2. The van der Waals surface area contributed by atoms with Crippen LogP contribution < -0.4 is 11.1 Å². The van der Waals surface area contributed by atoms with Gasteiger partial charge in [0.1, 0.15) is 0 Å². The Kier molecular flexibility index (Phi) is 16.4. The van der Waals surface area contributed by atoms with Gasteiger partial charge in [0.25, 0.3) is 0 Å². The summed E-state index contributed by atoms with van der Waals surface area (Å²) in [6.45, 7) is 17.2. The summed E-state index contributed by atoms with van der Waals surface area (Å²) in [7, 11) is 0. The van der Waals surface area contributed by atoms with Crippen LogP contribution in [0.3, 0.4) is 0 Å². The van der Waals surface area contributed by atoms with Crippen LogP contribution >= 0.6 is 11.6 Å². The molecular weight excluding hydrogens is 988 g/mol. The molecule has 4 aromatic heterocycles. The summed E-state index contributed by atoms with van der Waals surface area (Å²) < 4.78 is 16.0. The minimum Gasteiger partial charge on any atom is -0.396 e. The maximum absolute atomic E-state index is 13.1. The Bertz CT molecular complexity index is 3040. The van der Waals surface area contributed by atoms with Gasteiger partial charge in [-0.3, -0.25) is 19.0 Å². The average Bonchev–Trinajstić information content (AvgIpc) is 4.15. The predicted molar refractivity (Wildman–Crippen MR) is 301 cm³/mol. The molecule has 2 amide bonds. The summed E-state index contributed by atoms with van der Waals surface area (Å²) in [6, 6.07) is 17.0. The molecule has 12 rings (SSSR count). The quantitative estimate of drug-likeness (QED) is 0.0979. The molecule has 2 unspecified atom stereocenters. The van der Waals surface area contributed by atoms with E-state index in [9.17, 15) is 9.59 Å². The van der Waals surface area contributed by atoms with Crippen molar-refractivity contribution in [2.24, 2.45) is 0 Å². The molecule has 17 heteroatoms. The zero-order valence-electron chi connectivity index (χ0n) is 45.9. The van der Waals surface area contributed by atoms with Crippen LogP contribution in [0.25, 0.3) is 22.5 Å². The maximum Gasteiger partial charge on any atom is 0.227 e. The van der Waals surface area contributed by atoms with Crippen molar-refractivity contribution in [1.29, 1.82) is 0 Å². The van der Waals surface area contributed by atoms with Gasteiger partial charge in [0.2, 0.25) is 23.0 Å². The first-order valence-corrected chi connectivity index (χ1v) is 28.5. The summed E-state index contributed by atoms with van der Waals surface area (Å²) in [5.41, 5.74) is 18.8. The van der Waals surface area contributed by atoms with E-state index in [4.69, 9.17) is 31.8 Å². The van der Waals surface area contributed by atoms with Crippen molar-refractivity contribution in [3.05, 3.63) is 112 Å². The SMILES string of the molecule is CC(C)(C)OC1CN(C(=O)CC2CCCCc3cc(-c4ccnc(Cl)n4)ccc32)C1.CC(C)(C)OC1CN(C(=O)CC2CCCCc3cc(-c4ccnc(Nc5cnn6c5CCC6)n4)ccc32)C1.Nc1cnn2c1CCC2. The highest BCUT2D eigenvalue weighted by atomic mass is 35.5. The maximum atomic E-state index is 13.1. The van der Waals surface area contributed by atoms with E-state index in [1.54, 1.807) is 12.4 Å². The minimum atomic E-state index is -0.169. The van der Waals surface area contributed by atoms with Gasteiger partial charge in [-0.1, -0.05) is 37.1 Å². The van der Waals surface area contributed by atoms with Crippen LogP contribution in [0.4, 0.5) is 17.3 Å². The van der Waals surface area contributed by atoms with E-state index in [1.165, 1.54) is 40.1 Å². The van der Waals surface area contributed by atoms with Crippen molar-refractivity contribution in [3.63, 3.8) is 0 Å². The number of fused-ring (bicyclic) bond motifs is 4. The molecule has 2 saturated heterocycles. The van der Waals surface area contributed by atoms with Crippen molar-refractivity contribution in [3.8, 4) is 22.5 Å². The number of aryl methyl sites for hydroxylation is 4. The molecule has 4 aliphatic heterocycles. The van der Waals surface area contributed by atoms with Crippen LogP contribution in [0.1, 0.15) is 151 Å². The van der Waals surface area contributed by atoms with Gasteiger partial charge < -0.3 is 30.3 Å². The van der Waals surface area contributed by atoms with Crippen LogP contribution in [0.5, 0.6) is 0 Å². The zero-order valence-corrected chi connectivity index (χ0v) is 46.7. The van der Waals surface area contributed by atoms with Gasteiger partial charge in [-0.05, 0) is 176 Å². The largest absolute Gasteiger partial charge is 0.396 e. The summed E-state index contributed by atoms with van der Waals surface area (Å²) in [5, 5.41) is 12.2. The molecule has 16 nitrogen and oxygen atoms in total. The highest BCUT2D eigenvalue weighted by molar-refractivity contribution is 6.28. The van der Waals surface area contributed by atoms with Gasteiger partial charge in [-0.2, -0.15) is 10.2 Å². The predicted octanol–water partition coefficient (Wildman–Crippen LogP) is 10.7. The van der Waals surface area contributed by atoms with Crippen molar-refractivity contribution < 1.29 is 19.1 Å². The highest BCUT2D eigenvalue weighted by Gasteiger charge is 2.37. The standard InChI is InChI=1S/C30H38N6O2.C24H30ClN3O2.C6H9N3/c1-30(2,3)38-23-18-35(19-23)28(37)16-21-8-5-4-7-20-15-22(10-11-24(20)21)25-12-13-31-29(33-25)34-26-17-32-36-14-6-9-27(26)36;1-24(2,3)30-19-14-28(15-19)22(29)13-17-7-5-4-6-16-12-18(8-9-20(16)17)21-10-11-26-23(25)27-21;7-5-4-8-9-3-1-2-6(5)9/h10-13,15,17,21,23H,4-9,14,16,18-19H2,1-3H3,(H,31,33,34);8-12,17,19H,4-7,13-15H2,1-3H3;4H,1-3,7H2. The van der Waals surface area contributed by atoms with Gasteiger partial charge >= 0.3 is 0 Å². The Hall–Kier alpha value is -6.23. The second-order valence-corrected chi connectivity index (χ2v) is 24.1. The normalized spacial score (nSPS) is 19.2. The first-order chi connectivity index (χ1) is 37.0. The van der Waals surface area contributed by atoms with Crippen LogP contribution in [-0.2, 0) is 57.8 Å². The number of carbonyl (C=O) groups excluding carboxylic acids is 2. The van der Waals surface area contributed by atoms with Crippen LogP contribution in [-0.4, -0.2) is 111 Å². The van der Waals surface area contributed by atoms with E-state index in [1.807, 2.05) is 39.0 Å². The first-order valence-electron chi connectivity index (χ1n) is 28.1. The van der Waals surface area contributed by atoms with Gasteiger partial charge in [0.05, 0.1) is 70.0 Å². The summed E-state index contributed by atoms with van der Waals surface area (Å²) in [6.07, 6.45) is 21.8. The van der Waals surface area contributed by atoms with E-state index in [0.717, 1.165) is 118 Å². The second-order valence-electron chi connectivity index (χ2n) is 23.7. The molecule has 0 bridgehead atoms. The summed E-state index contributed by atoms with van der Waals surface area (Å²) in [5.74, 6) is 1.63. The fourth-order valence-electron chi connectivity index (χ4n) is 11.9. The molecule has 0 spiro atoms. The van der Waals surface area contributed by atoms with Crippen LogP contribution in [0.15, 0.2) is 73.3 Å². The van der Waals surface area contributed by atoms with Gasteiger partial charge in [-0.25, -0.2) is 19.9 Å². The van der Waals surface area contributed by atoms with Crippen LogP contribution in [0, 0.1) is 0 Å². The Morgan fingerprint density at radius 3 is 1.68 bits per heavy atom. The Balaban J connectivity index is 0.000000153. The number of carbonyl (C=O) groups is 2. The summed E-state index contributed by atoms with van der Waals surface area (Å²) in [4.78, 5) is 47.5. The minimum absolute atomic E-state index is 0.158. The second kappa shape index (κ2) is 23.4. The third-order valence-electron chi connectivity index (χ3n) is 15.6. The number of rotatable bonds is 10. The fourth-order valence-corrected chi connectivity index (χ4v) is 12.0. The van der Waals surface area contributed by atoms with Crippen molar-refractivity contribution in [1.82, 2.24) is 49.3 Å². The number of hydrogen-bond donors (Lipinski definition) is 2. The lowest BCUT2D eigenvalue weighted by molar-refractivity contribution is -0.158. The van der Waals surface area contributed by atoms with Gasteiger partial charge in [0.15, 0.2) is 0 Å². The average molecular weight is 1070 g/mol. The molecule has 6 aromatic rings. The molecular formula is C60H77ClN12O4. The van der Waals surface area contributed by atoms with Gasteiger partial charge in [0, 0.05) is 75.6 Å². The number of nitrogens with two attached hydrogens (primary N) is 1. The molecule has 2 aliphatic carbocycles. The molecule has 2 aromatic carbocycles. The van der Waals surface area contributed by atoms with Crippen molar-refractivity contribution >= 4 is 40.7 Å². The van der Waals surface area contributed by atoms with E-state index >= 15 is 0 Å². The van der Waals surface area contributed by atoms with Crippen molar-refractivity contribution in [2.75, 3.05) is 37.2 Å². The topological polar surface area (TPSA) is 184 Å². The lowest BCUT2D eigenvalue weighted by atomic mass is 9.88. The molecule has 408 valence electrons. The molecule has 0 saturated carbocycles. The first kappa shape index (κ1) is 54.1. The van der Waals surface area contributed by atoms with E-state index < -0.39 is 0 Å². The monoisotopic (exact) mass is 1060 g/mol. The lowest BCUT2D eigenvalue weighted by Crippen LogP contribution is -2.56. The molecule has 3 N–H and O–H groups in total. The van der Waals surface area contributed by atoms with Crippen molar-refractivity contribution in [2.45, 2.75) is 180 Å². The molecule has 8 heterocycles. The molecule has 0 radical (unpaired) electrons. The number of hydrogen-bond acceptors (Lipinski definition) is 12. The smallest absolute Gasteiger partial charge is 0.227 e. The van der Waals surface area contributed by atoms with Gasteiger partial charge in [-0.15, -0.1) is 0 Å². The Labute approximate surface area is 458 Å². The zero-order chi connectivity index (χ0) is 53.8. The molecule has 2 fully saturated rings. The summed E-state index contributed by atoms with van der Waals surface area (Å²) >= 11 is 5.97. The number of nitrogens with zero attached hydrogens (tertiary/aromatic N) is 10. The third kappa shape index (κ3) is 13.6. The molecule has 77 heavy (non-hydrogen) atoms. The Morgan fingerprint density at radius 1 is 0.636 bits per heavy atom. The Morgan fingerprint density at radius 2 is 1.14 bits per heavy atom. The number of ether oxygens (including phenoxy) is 2. The number of anilines is 3. The highest BCUT2D eigenvalue weighted by Crippen LogP contribution is 2.38. The number of amides is 2. The van der Waals surface area contributed by atoms with E-state index in [2.05, 4.69) is 113 Å². The number of nitrogens with one attached hydrogen (secondary N) is 1. The third-order valence-corrected chi connectivity index (χ3v) is 15.7. The lowest BCUT2D eigenvalue weighted by Gasteiger charge is -2.42. The number of nitrogen functional groups attached to an aromatic ring is 1. The number of aromatic nitrogens is 8.